The van der Waals surface area contributed by atoms with Crippen LogP contribution in [0, 0.1) is 51.8 Å². The van der Waals surface area contributed by atoms with Crippen molar-refractivity contribution in [3.05, 3.63) is 11.6 Å². The summed E-state index contributed by atoms with van der Waals surface area (Å²) in [5.74, 6) is 5.71. The molecule has 0 heterocycles. The van der Waals surface area contributed by atoms with Gasteiger partial charge in [-0.2, -0.15) is 0 Å². The molecule has 0 aromatic rings. The molecule has 0 bridgehead atoms. The van der Waals surface area contributed by atoms with Gasteiger partial charge in [-0.25, -0.2) is 0 Å². The van der Waals surface area contributed by atoms with Crippen molar-refractivity contribution in [1.29, 1.82) is 0 Å². The molecule has 3 fully saturated rings. The molecular weight excluding hydrogens is 348 g/mol. The molecular formula is C29H50. The molecule has 0 saturated heterocycles. The minimum atomic E-state index is 0.460. The Morgan fingerprint density at radius 3 is 2.45 bits per heavy atom. The first-order valence-corrected chi connectivity index (χ1v) is 13.3. The van der Waals surface area contributed by atoms with Crippen LogP contribution < -0.4 is 0 Å². The maximum absolute atomic E-state index is 2.74. The fourth-order valence-electron chi connectivity index (χ4n) is 8.82. The summed E-state index contributed by atoms with van der Waals surface area (Å²) < 4.78 is 0. The van der Waals surface area contributed by atoms with Crippen LogP contribution >= 0.6 is 0 Å². The van der Waals surface area contributed by atoms with Gasteiger partial charge in [-0.3, -0.25) is 0 Å². The summed E-state index contributed by atoms with van der Waals surface area (Å²) in [6.07, 6.45) is 18.9. The number of fused-ring (bicyclic) bond motifs is 5. The zero-order valence-corrected chi connectivity index (χ0v) is 20.8. The van der Waals surface area contributed by atoms with Gasteiger partial charge in [0.1, 0.15) is 0 Å². The molecule has 3 saturated carbocycles. The SMILES string of the molecule is CC(CCC(C)C(C)(C)C)C1CCC2C3CC=C4CCCCC4(C)C3CCC12C. The fourth-order valence-corrected chi connectivity index (χ4v) is 8.82. The molecule has 0 N–H and O–H groups in total. The summed E-state index contributed by atoms with van der Waals surface area (Å²) in [4.78, 5) is 0. The van der Waals surface area contributed by atoms with Gasteiger partial charge >= 0.3 is 0 Å². The molecule has 0 aromatic heterocycles. The van der Waals surface area contributed by atoms with E-state index in [0.29, 0.717) is 16.2 Å². The Kier molecular flexibility index (Phi) is 5.83. The Morgan fingerprint density at radius 2 is 1.72 bits per heavy atom. The quantitative estimate of drug-likeness (QED) is 0.414. The standard InChI is InChI=1S/C29H50/c1-20(11-12-21(2)27(3,4)5)24-15-16-25-23-14-13-22-10-8-9-18-28(22,6)26(23)17-19-29(24,25)7/h13,20-21,23-26H,8-12,14-19H2,1-7H3. The Bertz CT molecular complexity index is 620. The van der Waals surface area contributed by atoms with Crippen LogP contribution in [0.5, 0.6) is 0 Å². The van der Waals surface area contributed by atoms with Gasteiger partial charge in [-0.15, -0.1) is 0 Å². The van der Waals surface area contributed by atoms with Gasteiger partial charge in [0.2, 0.25) is 0 Å². The highest BCUT2D eigenvalue weighted by Crippen LogP contribution is 2.67. The van der Waals surface area contributed by atoms with Gasteiger partial charge < -0.3 is 0 Å². The Hall–Kier alpha value is -0.260. The lowest BCUT2D eigenvalue weighted by Gasteiger charge is -2.58. The van der Waals surface area contributed by atoms with E-state index in [9.17, 15) is 0 Å². The van der Waals surface area contributed by atoms with E-state index < -0.39 is 0 Å². The normalized spacial score (nSPS) is 44.3. The number of rotatable bonds is 4. The second-order valence-electron chi connectivity index (χ2n) is 13.5. The second-order valence-corrected chi connectivity index (χ2v) is 13.5. The summed E-state index contributed by atoms with van der Waals surface area (Å²) in [7, 11) is 0. The Labute approximate surface area is 182 Å². The van der Waals surface area contributed by atoms with E-state index in [1.807, 2.05) is 5.57 Å². The van der Waals surface area contributed by atoms with E-state index in [2.05, 4.69) is 54.5 Å². The molecule has 0 radical (unpaired) electrons. The fraction of sp³-hybridized carbons (Fsp3) is 0.931. The Balaban J connectivity index is 1.47. The van der Waals surface area contributed by atoms with Crippen LogP contribution in [0.25, 0.3) is 0 Å². The van der Waals surface area contributed by atoms with E-state index in [1.165, 1.54) is 70.6 Å². The van der Waals surface area contributed by atoms with Crippen LogP contribution in [0.3, 0.4) is 0 Å². The van der Waals surface area contributed by atoms with Crippen molar-refractivity contribution in [1.82, 2.24) is 0 Å². The first-order valence-electron chi connectivity index (χ1n) is 13.3. The predicted molar refractivity (Wildman–Crippen MR) is 127 cm³/mol. The minimum absolute atomic E-state index is 0.460. The van der Waals surface area contributed by atoms with Crippen molar-refractivity contribution in [2.24, 2.45) is 51.8 Å². The molecule has 0 heteroatoms. The summed E-state index contributed by atoms with van der Waals surface area (Å²) in [6, 6.07) is 0. The first-order chi connectivity index (χ1) is 13.6. The molecule has 8 unspecified atom stereocenters. The van der Waals surface area contributed by atoms with Crippen molar-refractivity contribution < 1.29 is 0 Å². The lowest BCUT2D eigenvalue weighted by atomic mass is 9.47. The highest BCUT2D eigenvalue weighted by Gasteiger charge is 2.58. The highest BCUT2D eigenvalue weighted by molar-refractivity contribution is 5.24. The zero-order valence-electron chi connectivity index (χ0n) is 20.8. The van der Waals surface area contributed by atoms with E-state index in [-0.39, 0.29) is 0 Å². The number of allylic oxidation sites excluding steroid dienone is 2. The van der Waals surface area contributed by atoms with Crippen LogP contribution in [-0.2, 0) is 0 Å². The Morgan fingerprint density at radius 1 is 0.966 bits per heavy atom. The van der Waals surface area contributed by atoms with Crippen molar-refractivity contribution in [3.8, 4) is 0 Å². The van der Waals surface area contributed by atoms with Crippen molar-refractivity contribution in [2.45, 2.75) is 119 Å². The smallest absolute Gasteiger partial charge is 0.00853 e. The molecule has 29 heavy (non-hydrogen) atoms. The third-order valence-electron chi connectivity index (χ3n) is 11.3. The third kappa shape index (κ3) is 3.67. The van der Waals surface area contributed by atoms with Gasteiger partial charge in [0.05, 0.1) is 0 Å². The van der Waals surface area contributed by atoms with Crippen molar-refractivity contribution in [2.75, 3.05) is 0 Å². The van der Waals surface area contributed by atoms with Gasteiger partial charge in [-0.05, 0) is 110 Å². The van der Waals surface area contributed by atoms with E-state index in [0.717, 1.165) is 35.5 Å². The summed E-state index contributed by atoms with van der Waals surface area (Å²) in [5.41, 5.74) is 3.52. The molecule has 166 valence electrons. The van der Waals surface area contributed by atoms with E-state index in [1.54, 1.807) is 0 Å². The number of hydrogen-bond donors (Lipinski definition) is 0. The van der Waals surface area contributed by atoms with Crippen LogP contribution in [-0.4, -0.2) is 0 Å². The summed E-state index contributed by atoms with van der Waals surface area (Å²) >= 11 is 0. The molecule has 0 aliphatic heterocycles. The van der Waals surface area contributed by atoms with Gasteiger partial charge in [0, 0.05) is 0 Å². The summed E-state index contributed by atoms with van der Waals surface area (Å²) in [6.45, 7) is 17.8. The van der Waals surface area contributed by atoms with Crippen LogP contribution in [0.4, 0.5) is 0 Å². The van der Waals surface area contributed by atoms with Gasteiger partial charge in [0.25, 0.3) is 0 Å². The third-order valence-corrected chi connectivity index (χ3v) is 11.3. The maximum Gasteiger partial charge on any atom is -0.00853 e. The zero-order chi connectivity index (χ0) is 21.0. The lowest BCUT2D eigenvalue weighted by molar-refractivity contribution is -0.0504. The average molecular weight is 399 g/mol. The van der Waals surface area contributed by atoms with Crippen LogP contribution in [0.1, 0.15) is 119 Å². The molecule has 4 aliphatic rings. The van der Waals surface area contributed by atoms with Crippen LogP contribution in [0.2, 0.25) is 0 Å². The van der Waals surface area contributed by atoms with Gasteiger partial charge in [0.15, 0.2) is 0 Å². The molecule has 0 aromatic carbocycles. The maximum atomic E-state index is 2.74. The second kappa shape index (κ2) is 7.70. The average Bonchev–Trinajstić information content (AvgIpc) is 3.01. The molecule has 4 aliphatic carbocycles. The minimum Gasteiger partial charge on any atom is -0.0845 e. The largest absolute Gasteiger partial charge is 0.0845 e. The van der Waals surface area contributed by atoms with E-state index >= 15 is 0 Å². The predicted octanol–water partition coefficient (Wildman–Crippen LogP) is 9.05. The molecule has 8 atom stereocenters. The van der Waals surface area contributed by atoms with Gasteiger partial charge in [-0.1, -0.05) is 73.0 Å². The van der Waals surface area contributed by atoms with Crippen molar-refractivity contribution in [3.63, 3.8) is 0 Å². The first kappa shape index (κ1) is 22.0. The molecule has 0 nitrogen and oxygen atoms in total. The summed E-state index contributed by atoms with van der Waals surface area (Å²) in [5, 5.41) is 0. The monoisotopic (exact) mass is 398 g/mol. The topological polar surface area (TPSA) is 0 Å². The van der Waals surface area contributed by atoms with E-state index in [4.69, 9.17) is 0 Å². The molecule has 0 spiro atoms. The number of hydrogen-bond acceptors (Lipinski definition) is 0. The highest BCUT2D eigenvalue weighted by atomic mass is 14.6. The lowest BCUT2D eigenvalue weighted by Crippen LogP contribution is -2.50. The van der Waals surface area contributed by atoms with Crippen LogP contribution in [0.15, 0.2) is 11.6 Å². The van der Waals surface area contributed by atoms with Crippen molar-refractivity contribution >= 4 is 0 Å². The molecule has 0 amide bonds. The molecule has 4 rings (SSSR count).